The molecule has 0 radical (unpaired) electrons. The third kappa shape index (κ3) is 7.81. The minimum Gasteiger partial charge on any atom is -0.491 e. The van der Waals surface area contributed by atoms with Crippen molar-refractivity contribution in [2.75, 3.05) is 24.6 Å². The van der Waals surface area contributed by atoms with Crippen molar-refractivity contribution in [1.82, 2.24) is 20.6 Å². The predicted octanol–water partition coefficient (Wildman–Crippen LogP) is -0.286. The highest BCUT2D eigenvalue weighted by Crippen LogP contribution is 2.15. The van der Waals surface area contributed by atoms with Crippen molar-refractivity contribution >= 4 is 52.0 Å². The van der Waals surface area contributed by atoms with E-state index in [-0.39, 0.29) is 29.9 Å². The zero-order chi connectivity index (χ0) is 23.7. The summed E-state index contributed by atoms with van der Waals surface area (Å²) in [6, 6.07) is 6.63. The topological polar surface area (TPSA) is 221 Å². The van der Waals surface area contributed by atoms with Crippen molar-refractivity contribution in [2.24, 2.45) is 11.5 Å². The first kappa shape index (κ1) is 25.1. The van der Waals surface area contributed by atoms with E-state index in [2.05, 4.69) is 20.6 Å². The number of aryl methyl sites for hydroxylation is 1. The molecule has 2 aromatic rings. The van der Waals surface area contributed by atoms with E-state index in [1.807, 2.05) is 34.7 Å². The summed E-state index contributed by atoms with van der Waals surface area (Å²) in [4.78, 5) is 31.0. The molecule has 2 rings (SSSR count). The molecule has 2 amide bonds. The number of nitrogens with one attached hydrogen (secondary N) is 3. The molecule has 0 aliphatic heterocycles. The summed E-state index contributed by atoms with van der Waals surface area (Å²) < 4.78 is 5.78. The normalized spacial score (nSPS) is 11.4. The van der Waals surface area contributed by atoms with Crippen LogP contribution in [0.3, 0.4) is 0 Å². The first-order chi connectivity index (χ1) is 15.2. The summed E-state index contributed by atoms with van der Waals surface area (Å²) in [6.45, 7) is 0.533. The second kappa shape index (κ2) is 12.0. The number of halogens is 1. The number of hydrogen-bond donors (Lipinski definition) is 7. The second-order valence-electron chi connectivity index (χ2n) is 6.81. The number of hydrogen-bond acceptors (Lipinski definition) is 9. The molecular formula is C19H26IN9O3. The molecule has 1 aromatic carbocycles. The molecule has 1 aromatic heterocycles. The van der Waals surface area contributed by atoms with E-state index in [0.717, 1.165) is 24.8 Å². The van der Waals surface area contributed by atoms with Crippen LogP contribution in [0.2, 0.25) is 0 Å². The maximum Gasteiger partial charge on any atom is 0.280 e. The van der Waals surface area contributed by atoms with Crippen molar-refractivity contribution < 1.29 is 14.3 Å². The number of carbonyl (C=O) groups is 2. The van der Waals surface area contributed by atoms with Gasteiger partial charge < -0.3 is 33.0 Å². The maximum absolute atomic E-state index is 12.2. The van der Waals surface area contributed by atoms with Crippen LogP contribution < -0.4 is 38.3 Å². The Morgan fingerprint density at radius 2 is 1.81 bits per heavy atom. The molecule has 11 N–H and O–H groups in total. The van der Waals surface area contributed by atoms with E-state index in [1.165, 1.54) is 0 Å². The number of aromatic nitrogens is 2. The number of rotatable bonds is 10. The van der Waals surface area contributed by atoms with Crippen LogP contribution in [-0.2, 0) is 11.2 Å². The highest BCUT2D eigenvalue weighted by molar-refractivity contribution is 14.1. The predicted molar refractivity (Wildman–Crippen MR) is 129 cm³/mol. The number of amides is 2. The lowest BCUT2D eigenvalue weighted by atomic mass is 10.1. The van der Waals surface area contributed by atoms with E-state index in [0.29, 0.717) is 16.0 Å². The molecule has 1 atom stereocenters. The Bertz CT molecular complexity index is 969. The molecule has 172 valence electrons. The quantitative estimate of drug-likeness (QED) is 0.0885. The van der Waals surface area contributed by atoms with Crippen LogP contribution in [0.5, 0.6) is 5.75 Å². The van der Waals surface area contributed by atoms with Crippen molar-refractivity contribution in [2.45, 2.75) is 25.3 Å². The smallest absolute Gasteiger partial charge is 0.280 e. The van der Waals surface area contributed by atoms with Gasteiger partial charge in [0.05, 0.1) is 0 Å². The average Bonchev–Trinajstić information content (AvgIpc) is 2.74. The lowest BCUT2D eigenvalue weighted by Crippen LogP contribution is -2.41. The number of nitrogens with zero attached hydrogens (tertiary/aromatic N) is 2. The van der Waals surface area contributed by atoms with Gasteiger partial charge in [0.1, 0.15) is 22.1 Å². The summed E-state index contributed by atoms with van der Waals surface area (Å²) in [5, 5.41) is 13.1. The summed E-state index contributed by atoms with van der Waals surface area (Å²) in [5.41, 5.74) is 22.9. The van der Waals surface area contributed by atoms with Gasteiger partial charge in [-0.3, -0.25) is 20.3 Å². The Kier molecular flexibility index (Phi) is 9.39. The molecule has 32 heavy (non-hydrogen) atoms. The van der Waals surface area contributed by atoms with Gasteiger partial charge in [0.15, 0.2) is 23.3 Å². The van der Waals surface area contributed by atoms with Crippen LogP contribution >= 0.6 is 22.6 Å². The van der Waals surface area contributed by atoms with Crippen molar-refractivity contribution in [3.05, 3.63) is 39.2 Å². The van der Waals surface area contributed by atoms with Crippen molar-refractivity contribution in [3.63, 3.8) is 0 Å². The van der Waals surface area contributed by atoms with Gasteiger partial charge in [0.25, 0.3) is 5.91 Å². The Morgan fingerprint density at radius 1 is 1.12 bits per heavy atom. The first-order valence-electron chi connectivity index (χ1n) is 9.66. The highest BCUT2D eigenvalue weighted by atomic mass is 127. The van der Waals surface area contributed by atoms with Gasteiger partial charge >= 0.3 is 0 Å². The molecule has 0 unspecified atom stereocenters. The molecule has 0 spiro atoms. The molecule has 12 nitrogen and oxygen atoms in total. The van der Waals surface area contributed by atoms with Crippen LogP contribution in [-0.4, -0.2) is 46.9 Å². The number of primary amides is 1. The van der Waals surface area contributed by atoms with Crippen molar-refractivity contribution in [3.8, 4) is 5.75 Å². The van der Waals surface area contributed by atoms with Gasteiger partial charge in [0, 0.05) is 6.54 Å². The van der Waals surface area contributed by atoms with Gasteiger partial charge in [-0.1, -0.05) is 12.1 Å². The molecule has 0 bridgehead atoms. The van der Waals surface area contributed by atoms with Gasteiger partial charge in [-0.2, -0.15) is 0 Å². The number of nitrogen functional groups attached to an aromatic ring is 2. The summed E-state index contributed by atoms with van der Waals surface area (Å²) in [6.07, 6.45) is 2.49. The molecule has 0 saturated carbocycles. The van der Waals surface area contributed by atoms with Crippen LogP contribution in [0.15, 0.2) is 24.3 Å². The number of ether oxygens (including phenoxy) is 1. The fraction of sp³-hybridized carbons (Fsp3) is 0.316. The average molecular weight is 555 g/mol. The van der Waals surface area contributed by atoms with Crippen LogP contribution in [0.4, 0.5) is 11.6 Å². The lowest BCUT2D eigenvalue weighted by Gasteiger charge is -2.11. The third-order valence-electron chi connectivity index (χ3n) is 4.27. The zero-order valence-corrected chi connectivity index (χ0v) is 19.4. The van der Waals surface area contributed by atoms with Crippen molar-refractivity contribution in [1.29, 1.82) is 5.41 Å². The fourth-order valence-electron chi connectivity index (χ4n) is 2.51. The standard InChI is InChI=1S/C19H26IN9O3/c20-14-16(23)28-15(22)13(27-14)18(31)29-19(25)26-8-2-1-3-10-4-6-11(7-5-10)32-9-12(21)17(24)30/h4-7,12H,1-3,8-9,21H2,(H2,24,30)(H4,22,23,28)(H3,25,26,29,31)/t12-/m0/s1. The maximum atomic E-state index is 12.2. The van der Waals surface area contributed by atoms with Gasteiger partial charge in [0.2, 0.25) is 5.91 Å². The number of anilines is 2. The fourth-order valence-corrected chi connectivity index (χ4v) is 2.88. The minimum absolute atomic E-state index is 0.0274. The number of guanidine groups is 1. The largest absolute Gasteiger partial charge is 0.491 e. The minimum atomic E-state index is -0.841. The van der Waals surface area contributed by atoms with Crippen LogP contribution in [0, 0.1) is 9.11 Å². The highest BCUT2D eigenvalue weighted by Gasteiger charge is 2.16. The SMILES string of the molecule is N=C(NCCCCc1ccc(OC[C@H](N)C(N)=O)cc1)NC(=O)c1nc(I)c(N)nc1N. The molecule has 1 heterocycles. The lowest BCUT2D eigenvalue weighted by molar-refractivity contribution is -0.119. The molecule has 0 saturated heterocycles. The Balaban J connectivity index is 1.67. The number of unbranched alkanes of at least 4 members (excludes halogenated alkanes) is 1. The molecule has 0 aliphatic rings. The number of benzene rings is 1. The molecule has 0 fully saturated rings. The third-order valence-corrected chi connectivity index (χ3v) is 5.06. The first-order valence-corrected chi connectivity index (χ1v) is 10.7. The number of carbonyl (C=O) groups excluding carboxylic acids is 2. The van der Waals surface area contributed by atoms with E-state index in [1.54, 1.807) is 12.1 Å². The van der Waals surface area contributed by atoms with Crippen LogP contribution in [0.1, 0.15) is 28.9 Å². The van der Waals surface area contributed by atoms with E-state index < -0.39 is 17.9 Å². The van der Waals surface area contributed by atoms with Gasteiger partial charge in [-0.25, -0.2) is 9.97 Å². The monoisotopic (exact) mass is 555 g/mol. The molecular weight excluding hydrogens is 529 g/mol. The van der Waals surface area contributed by atoms with Crippen LogP contribution in [0.25, 0.3) is 0 Å². The molecule has 0 aliphatic carbocycles. The Labute approximate surface area is 198 Å². The Morgan fingerprint density at radius 3 is 2.47 bits per heavy atom. The summed E-state index contributed by atoms with van der Waals surface area (Å²) in [7, 11) is 0. The Hall–Kier alpha value is -3.20. The number of nitrogens with two attached hydrogens (primary N) is 4. The summed E-state index contributed by atoms with van der Waals surface area (Å²) >= 11 is 1.85. The zero-order valence-electron chi connectivity index (χ0n) is 17.2. The van der Waals surface area contributed by atoms with Gasteiger partial charge in [-0.15, -0.1) is 0 Å². The van der Waals surface area contributed by atoms with E-state index in [4.69, 9.17) is 33.1 Å². The second-order valence-corrected chi connectivity index (χ2v) is 7.83. The van der Waals surface area contributed by atoms with Gasteiger partial charge in [-0.05, 0) is 59.5 Å². The van der Waals surface area contributed by atoms with E-state index >= 15 is 0 Å². The molecule has 13 heteroatoms. The van der Waals surface area contributed by atoms with E-state index in [9.17, 15) is 9.59 Å². The summed E-state index contributed by atoms with van der Waals surface area (Å²) in [5.74, 6) is -0.746.